The summed E-state index contributed by atoms with van der Waals surface area (Å²) in [6.07, 6.45) is 2.27. The van der Waals surface area contributed by atoms with E-state index in [1.807, 2.05) is 24.3 Å². The molecule has 1 aromatic heterocycles. The topological polar surface area (TPSA) is 67.8 Å². The Balaban J connectivity index is 1.43. The molecule has 0 spiro atoms. The molecule has 2 unspecified atom stereocenters. The van der Waals surface area contributed by atoms with E-state index in [0.717, 1.165) is 55.6 Å². The smallest absolute Gasteiger partial charge is 0.228 e. The van der Waals surface area contributed by atoms with Crippen LogP contribution in [0.3, 0.4) is 0 Å². The lowest BCUT2D eigenvalue weighted by Gasteiger charge is -2.43. The molecule has 2 atom stereocenters. The van der Waals surface area contributed by atoms with E-state index < -0.39 is 5.82 Å². The van der Waals surface area contributed by atoms with Gasteiger partial charge < -0.3 is 25.1 Å². The molecule has 3 aliphatic heterocycles. The molecule has 0 aliphatic carbocycles. The molecular formula is C29H30ClFN6O. The molecule has 2 bridgehead atoms. The van der Waals surface area contributed by atoms with Crippen LogP contribution in [0.15, 0.2) is 42.5 Å². The second kappa shape index (κ2) is 8.93. The number of rotatable bonds is 4. The molecule has 3 aromatic carbocycles. The Morgan fingerprint density at radius 1 is 0.974 bits per heavy atom. The maximum Gasteiger partial charge on any atom is 0.228 e. The highest BCUT2D eigenvalue weighted by Crippen LogP contribution is 2.43. The van der Waals surface area contributed by atoms with Gasteiger partial charge in [0.2, 0.25) is 5.95 Å². The first kappa shape index (κ1) is 23.9. The van der Waals surface area contributed by atoms with Crippen molar-refractivity contribution in [3.63, 3.8) is 0 Å². The summed E-state index contributed by atoms with van der Waals surface area (Å²) in [5, 5.41) is 16.6. The van der Waals surface area contributed by atoms with Gasteiger partial charge in [-0.05, 0) is 61.5 Å². The van der Waals surface area contributed by atoms with Crippen molar-refractivity contribution in [3.05, 3.63) is 53.3 Å². The first-order chi connectivity index (χ1) is 18.4. The zero-order valence-electron chi connectivity index (χ0n) is 21.5. The van der Waals surface area contributed by atoms with Gasteiger partial charge in [-0.2, -0.15) is 4.98 Å². The van der Waals surface area contributed by atoms with E-state index in [1.54, 1.807) is 18.2 Å². The Morgan fingerprint density at radius 3 is 2.45 bits per heavy atom. The molecule has 196 valence electrons. The number of halogens is 2. The van der Waals surface area contributed by atoms with E-state index in [2.05, 4.69) is 34.1 Å². The Morgan fingerprint density at radius 2 is 1.71 bits per heavy atom. The van der Waals surface area contributed by atoms with E-state index in [9.17, 15) is 5.11 Å². The summed E-state index contributed by atoms with van der Waals surface area (Å²) in [5.41, 5.74) is 1.05. The van der Waals surface area contributed by atoms with Crippen molar-refractivity contribution in [1.29, 1.82) is 0 Å². The molecular weight excluding hydrogens is 503 g/mol. The fourth-order valence-electron chi connectivity index (χ4n) is 6.21. The molecule has 3 saturated heterocycles. The van der Waals surface area contributed by atoms with Crippen LogP contribution in [0, 0.1) is 5.82 Å². The van der Waals surface area contributed by atoms with Crippen LogP contribution in [0.5, 0.6) is 5.75 Å². The van der Waals surface area contributed by atoms with Crippen molar-refractivity contribution < 1.29 is 9.50 Å². The number of benzene rings is 3. The number of hydrogen-bond acceptors (Lipinski definition) is 7. The number of piperazine rings is 1. The Kier molecular flexibility index (Phi) is 5.61. The summed E-state index contributed by atoms with van der Waals surface area (Å²) in [6, 6.07) is 13.9. The standard InChI is InChI=1S/C29H30ClFN6O/c1-35(2)19-14-37(15-19)29-33-27-23(28(34-29)36-12-17-7-8-18(13-36)32-17)11-24(30)25(26(27)31)22-10-20(38)9-16-5-3-4-6-21(16)22/h3-6,9-11,17-19,32,38H,7-8,12-15H2,1-2H3. The lowest BCUT2D eigenvalue weighted by atomic mass is 9.96. The zero-order valence-corrected chi connectivity index (χ0v) is 22.2. The van der Waals surface area contributed by atoms with Crippen molar-refractivity contribution in [2.75, 3.05) is 50.1 Å². The number of phenols is 1. The summed E-state index contributed by atoms with van der Waals surface area (Å²) in [4.78, 5) is 16.4. The first-order valence-electron chi connectivity index (χ1n) is 13.2. The molecule has 38 heavy (non-hydrogen) atoms. The molecule has 2 N–H and O–H groups in total. The number of nitrogens with zero attached hydrogens (tertiary/aromatic N) is 5. The van der Waals surface area contributed by atoms with E-state index in [0.29, 0.717) is 35.0 Å². The highest BCUT2D eigenvalue weighted by Gasteiger charge is 2.36. The molecule has 3 fully saturated rings. The predicted molar refractivity (Wildman–Crippen MR) is 151 cm³/mol. The van der Waals surface area contributed by atoms with Gasteiger partial charge in [0, 0.05) is 55.3 Å². The second-order valence-corrected chi connectivity index (χ2v) is 11.5. The third-order valence-corrected chi connectivity index (χ3v) is 8.66. The van der Waals surface area contributed by atoms with Crippen molar-refractivity contribution in [3.8, 4) is 16.9 Å². The third kappa shape index (κ3) is 3.85. The van der Waals surface area contributed by atoms with Crippen LogP contribution in [0.1, 0.15) is 12.8 Å². The number of aromatic nitrogens is 2. The van der Waals surface area contributed by atoms with Crippen LogP contribution in [0.4, 0.5) is 16.2 Å². The minimum absolute atomic E-state index is 0.0601. The summed E-state index contributed by atoms with van der Waals surface area (Å²) in [6.45, 7) is 3.23. The number of anilines is 2. The minimum Gasteiger partial charge on any atom is -0.508 e. The van der Waals surface area contributed by atoms with Gasteiger partial charge in [-0.15, -0.1) is 0 Å². The van der Waals surface area contributed by atoms with E-state index in [4.69, 9.17) is 21.6 Å². The number of aromatic hydroxyl groups is 1. The molecule has 7 rings (SSSR count). The van der Waals surface area contributed by atoms with Crippen LogP contribution < -0.4 is 15.1 Å². The van der Waals surface area contributed by atoms with Gasteiger partial charge in [0.25, 0.3) is 0 Å². The van der Waals surface area contributed by atoms with Gasteiger partial charge in [0.15, 0.2) is 5.82 Å². The van der Waals surface area contributed by atoms with Gasteiger partial charge in [0.05, 0.1) is 5.02 Å². The fourth-order valence-corrected chi connectivity index (χ4v) is 6.51. The molecule has 4 aromatic rings. The molecule has 0 amide bonds. The van der Waals surface area contributed by atoms with Crippen LogP contribution >= 0.6 is 11.6 Å². The predicted octanol–water partition coefficient (Wildman–Crippen LogP) is 4.64. The van der Waals surface area contributed by atoms with Gasteiger partial charge in [-0.1, -0.05) is 35.9 Å². The second-order valence-electron chi connectivity index (χ2n) is 11.1. The zero-order chi connectivity index (χ0) is 26.1. The lowest BCUT2D eigenvalue weighted by Crippen LogP contribution is -2.58. The van der Waals surface area contributed by atoms with E-state index in [1.165, 1.54) is 0 Å². The summed E-state index contributed by atoms with van der Waals surface area (Å²) in [7, 11) is 4.14. The van der Waals surface area contributed by atoms with E-state index in [-0.39, 0.29) is 21.9 Å². The summed E-state index contributed by atoms with van der Waals surface area (Å²) < 4.78 is 16.6. The highest BCUT2D eigenvalue weighted by atomic mass is 35.5. The van der Waals surface area contributed by atoms with Crippen LogP contribution in [-0.4, -0.2) is 78.4 Å². The largest absolute Gasteiger partial charge is 0.508 e. The Hall–Kier alpha value is -3.20. The monoisotopic (exact) mass is 532 g/mol. The van der Waals surface area contributed by atoms with Gasteiger partial charge in [-0.3, -0.25) is 0 Å². The van der Waals surface area contributed by atoms with E-state index >= 15 is 4.39 Å². The highest BCUT2D eigenvalue weighted by molar-refractivity contribution is 6.35. The number of nitrogens with one attached hydrogen (secondary N) is 1. The minimum atomic E-state index is -0.490. The molecule has 7 nitrogen and oxygen atoms in total. The maximum absolute atomic E-state index is 16.6. The summed E-state index contributed by atoms with van der Waals surface area (Å²) >= 11 is 6.85. The number of likely N-dealkylation sites (N-methyl/N-ethyl adjacent to an activating group) is 1. The van der Waals surface area contributed by atoms with Gasteiger partial charge in [-0.25, -0.2) is 9.37 Å². The molecule has 9 heteroatoms. The Bertz CT molecular complexity index is 1560. The molecule has 3 aliphatic rings. The van der Waals surface area contributed by atoms with Crippen molar-refractivity contribution in [2.45, 2.75) is 31.0 Å². The normalized spacial score (nSPS) is 21.6. The number of phenolic OH excluding ortho intramolecular Hbond substituents is 1. The lowest BCUT2D eigenvalue weighted by molar-refractivity contribution is 0.245. The summed E-state index contributed by atoms with van der Waals surface area (Å²) in [5.74, 6) is 0.857. The van der Waals surface area contributed by atoms with Gasteiger partial charge >= 0.3 is 0 Å². The average molecular weight is 533 g/mol. The van der Waals surface area contributed by atoms with Crippen LogP contribution in [0.2, 0.25) is 5.02 Å². The fraction of sp³-hybridized carbons (Fsp3) is 0.379. The number of hydrogen-bond donors (Lipinski definition) is 2. The van der Waals surface area contributed by atoms with Crippen LogP contribution in [0.25, 0.3) is 32.8 Å². The van der Waals surface area contributed by atoms with Crippen molar-refractivity contribution >= 4 is 45.0 Å². The molecule has 0 saturated carbocycles. The molecule has 0 radical (unpaired) electrons. The quantitative estimate of drug-likeness (QED) is 0.397. The van der Waals surface area contributed by atoms with Gasteiger partial charge in [0.1, 0.15) is 17.1 Å². The molecule has 4 heterocycles. The Labute approximate surface area is 225 Å². The van der Waals surface area contributed by atoms with Crippen molar-refractivity contribution in [1.82, 2.24) is 20.2 Å². The maximum atomic E-state index is 16.6. The van der Waals surface area contributed by atoms with Crippen LogP contribution in [-0.2, 0) is 0 Å². The number of fused-ring (bicyclic) bond motifs is 4. The van der Waals surface area contributed by atoms with Crippen molar-refractivity contribution in [2.24, 2.45) is 0 Å². The first-order valence-corrected chi connectivity index (χ1v) is 13.6. The average Bonchev–Trinajstić information content (AvgIpc) is 3.20. The SMILES string of the molecule is CN(C)C1CN(c2nc(N3CC4CCC(C3)N4)c3cc(Cl)c(-c4cc(O)cc5ccccc45)c(F)c3n2)C1. The third-order valence-electron chi connectivity index (χ3n) is 8.36.